The Bertz CT molecular complexity index is 357. The summed E-state index contributed by atoms with van der Waals surface area (Å²) in [5.74, 6) is 1.83. The van der Waals surface area contributed by atoms with Gasteiger partial charge in [-0.05, 0) is 25.3 Å². The maximum atomic E-state index is 4.52. The Morgan fingerprint density at radius 2 is 2.00 bits per heavy atom. The molecule has 106 valence electrons. The largest absolute Gasteiger partial charge is 0.358 e. The minimum absolute atomic E-state index is 0.802. The molecule has 19 heavy (non-hydrogen) atoms. The first-order valence-electron chi connectivity index (χ1n) is 7.52. The van der Waals surface area contributed by atoms with Crippen molar-refractivity contribution in [2.75, 3.05) is 25.0 Å². The lowest BCUT2D eigenvalue weighted by atomic mass is 9.89. The summed E-state index contributed by atoms with van der Waals surface area (Å²) in [6, 6.07) is 0. The topological polar surface area (TPSA) is 41.1 Å². The number of anilines is 1. The highest BCUT2D eigenvalue weighted by atomic mass is 15.2. The first kappa shape index (κ1) is 14.3. The van der Waals surface area contributed by atoms with E-state index in [-0.39, 0.29) is 0 Å². The van der Waals surface area contributed by atoms with Gasteiger partial charge in [0, 0.05) is 20.1 Å². The van der Waals surface area contributed by atoms with Gasteiger partial charge in [-0.3, -0.25) is 4.98 Å². The number of aromatic nitrogens is 2. The molecule has 4 heteroatoms. The van der Waals surface area contributed by atoms with Gasteiger partial charge in [-0.25, -0.2) is 4.98 Å². The number of hydrogen-bond donors (Lipinski definition) is 1. The average Bonchev–Trinajstić information content (AvgIpc) is 2.46. The number of rotatable bonds is 6. The SMILES string of the molecule is CCNCc1cnc(N(C)CC2CCCCC2)cn1. The zero-order valence-electron chi connectivity index (χ0n) is 12.2. The van der Waals surface area contributed by atoms with Gasteiger partial charge in [0.25, 0.3) is 0 Å². The first-order chi connectivity index (χ1) is 9.29. The van der Waals surface area contributed by atoms with Crippen molar-refractivity contribution in [1.82, 2.24) is 15.3 Å². The minimum atomic E-state index is 0.802. The summed E-state index contributed by atoms with van der Waals surface area (Å²) in [7, 11) is 2.13. The molecule has 1 heterocycles. The van der Waals surface area contributed by atoms with E-state index in [9.17, 15) is 0 Å². The molecule has 1 aromatic heterocycles. The van der Waals surface area contributed by atoms with Gasteiger partial charge >= 0.3 is 0 Å². The molecule has 0 aliphatic heterocycles. The van der Waals surface area contributed by atoms with Gasteiger partial charge in [-0.15, -0.1) is 0 Å². The first-order valence-corrected chi connectivity index (χ1v) is 7.52. The molecule has 0 unspecified atom stereocenters. The molecular weight excluding hydrogens is 236 g/mol. The Hall–Kier alpha value is -1.16. The maximum Gasteiger partial charge on any atom is 0.146 e. The van der Waals surface area contributed by atoms with Crippen LogP contribution in [0.2, 0.25) is 0 Å². The quantitative estimate of drug-likeness (QED) is 0.855. The van der Waals surface area contributed by atoms with Gasteiger partial charge in [0.15, 0.2) is 0 Å². The Labute approximate surface area is 116 Å². The molecular formula is C15H26N4. The van der Waals surface area contributed by atoms with Crippen LogP contribution in [0.5, 0.6) is 0 Å². The lowest BCUT2D eigenvalue weighted by Gasteiger charge is -2.27. The van der Waals surface area contributed by atoms with Crippen LogP contribution in [-0.2, 0) is 6.54 Å². The van der Waals surface area contributed by atoms with E-state index in [0.29, 0.717) is 0 Å². The van der Waals surface area contributed by atoms with Crippen molar-refractivity contribution in [3.8, 4) is 0 Å². The van der Waals surface area contributed by atoms with Crippen LogP contribution in [0.1, 0.15) is 44.7 Å². The van der Waals surface area contributed by atoms with E-state index in [2.05, 4.69) is 34.2 Å². The average molecular weight is 262 g/mol. The van der Waals surface area contributed by atoms with Crippen LogP contribution in [-0.4, -0.2) is 30.1 Å². The molecule has 1 fully saturated rings. The molecule has 0 bridgehead atoms. The normalized spacial score (nSPS) is 16.5. The Morgan fingerprint density at radius 3 is 2.63 bits per heavy atom. The van der Waals surface area contributed by atoms with Crippen molar-refractivity contribution >= 4 is 5.82 Å². The van der Waals surface area contributed by atoms with Crippen molar-refractivity contribution in [3.63, 3.8) is 0 Å². The van der Waals surface area contributed by atoms with Crippen LogP contribution in [0.15, 0.2) is 12.4 Å². The van der Waals surface area contributed by atoms with Crippen molar-refractivity contribution in [1.29, 1.82) is 0 Å². The molecule has 4 nitrogen and oxygen atoms in total. The molecule has 0 aromatic carbocycles. The van der Waals surface area contributed by atoms with Crippen molar-refractivity contribution in [3.05, 3.63) is 18.1 Å². The summed E-state index contributed by atoms with van der Waals surface area (Å²) in [6.07, 6.45) is 10.7. The van der Waals surface area contributed by atoms with E-state index >= 15 is 0 Å². The van der Waals surface area contributed by atoms with Gasteiger partial charge in [-0.1, -0.05) is 26.2 Å². The smallest absolute Gasteiger partial charge is 0.146 e. The van der Waals surface area contributed by atoms with Crippen molar-refractivity contribution in [2.45, 2.75) is 45.6 Å². The third-order valence-electron chi connectivity index (χ3n) is 3.90. The third kappa shape index (κ3) is 4.46. The summed E-state index contributed by atoms with van der Waals surface area (Å²) in [5, 5.41) is 3.26. The summed E-state index contributed by atoms with van der Waals surface area (Å²) < 4.78 is 0. The fraction of sp³-hybridized carbons (Fsp3) is 0.733. The summed E-state index contributed by atoms with van der Waals surface area (Å²) in [5.41, 5.74) is 1.01. The molecule has 0 radical (unpaired) electrons. The van der Waals surface area contributed by atoms with E-state index in [4.69, 9.17) is 0 Å². The standard InChI is InChI=1S/C15H26N4/c1-3-16-9-14-10-18-15(11-17-14)19(2)12-13-7-5-4-6-8-13/h10-11,13,16H,3-9,12H2,1-2H3. The summed E-state index contributed by atoms with van der Waals surface area (Å²) in [6.45, 7) is 4.97. The summed E-state index contributed by atoms with van der Waals surface area (Å²) in [4.78, 5) is 11.2. The van der Waals surface area contributed by atoms with E-state index in [1.165, 1.54) is 32.1 Å². The van der Waals surface area contributed by atoms with Crippen molar-refractivity contribution in [2.24, 2.45) is 5.92 Å². The van der Waals surface area contributed by atoms with E-state index in [1.807, 2.05) is 12.4 Å². The molecule has 0 amide bonds. The summed E-state index contributed by atoms with van der Waals surface area (Å²) >= 11 is 0. The highest BCUT2D eigenvalue weighted by Gasteiger charge is 2.16. The molecule has 1 aliphatic carbocycles. The van der Waals surface area contributed by atoms with Crippen LogP contribution in [0, 0.1) is 5.92 Å². The molecule has 0 spiro atoms. The lowest BCUT2D eigenvalue weighted by Crippen LogP contribution is -2.27. The fourth-order valence-electron chi connectivity index (χ4n) is 2.74. The lowest BCUT2D eigenvalue weighted by molar-refractivity contribution is 0.361. The zero-order chi connectivity index (χ0) is 13.5. The molecule has 2 rings (SSSR count). The number of nitrogens with zero attached hydrogens (tertiary/aromatic N) is 3. The van der Waals surface area contributed by atoms with E-state index in [0.717, 1.165) is 37.1 Å². The van der Waals surface area contributed by atoms with E-state index < -0.39 is 0 Å². The fourth-order valence-corrected chi connectivity index (χ4v) is 2.74. The third-order valence-corrected chi connectivity index (χ3v) is 3.90. The Morgan fingerprint density at radius 1 is 1.21 bits per heavy atom. The molecule has 0 atom stereocenters. The van der Waals surface area contributed by atoms with Gasteiger partial charge in [0.2, 0.25) is 0 Å². The molecule has 1 saturated carbocycles. The predicted molar refractivity (Wildman–Crippen MR) is 79.3 cm³/mol. The van der Waals surface area contributed by atoms with Crippen LogP contribution >= 0.6 is 0 Å². The highest BCUT2D eigenvalue weighted by molar-refractivity contribution is 5.34. The Balaban J connectivity index is 1.85. The second-order valence-electron chi connectivity index (χ2n) is 5.53. The Kier molecular flexibility index (Phi) is 5.58. The van der Waals surface area contributed by atoms with Crippen molar-refractivity contribution < 1.29 is 0 Å². The monoisotopic (exact) mass is 262 g/mol. The number of nitrogens with one attached hydrogen (secondary N) is 1. The molecule has 0 saturated heterocycles. The van der Waals surface area contributed by atoms with Crippen LogP contribution in [0.3, 0.4) is 0 Å². The van der Waals surface area contributed by atoms with Crippen LogP contribution in [0.4, 0.5) is 5.82 Å². The van der Waals surface area contributed by atoms with Gasteiger partial charge in [-0.2, -0.15) is 0 Å². The maximum absolute atomic E-state index is 4.52. The van der Waals surface area contributed by atoms with Gasteiger partial charge in [0.1, 0.15) is 5.82 Å². The molecule has 1 aliphatic rings. The number of hydrogen-bond acceptors (Lipinski definition) is 4. The van der Waals surface area contributed by atoms with Crippen LogP contribution in [0.25, 0.3) is 0 Å². The van der Waals surface area contributed by atoms with Gasteiger partial charge < -0.3 is 10.2 Å². The molecule has 1 N–H and O–H groups in total. The van der Waals surface area contributed by atoms with Crippen LogP contribution < -0.4 is 10.2 Å². The minimum Gasteiger partial charge on any atom is -0.358 e. The zero-order valence-corrected chi connectivity index (χ0v) is 12.2. The molecule has 1 aromatic rings. The second kappa shape index (κ2) is 7.43. The van der Waals surface area contributed by atoms with E-state index in [1.54, 1.807) is 0 Å². The second-order valence-corrected chi connectivity index (χ2v) is 5.53. The predicted octanol–water partition coefficient (Wildman–Crippen LogP) is 2.60. The highest BCUT2D eigenvalue weighted by Crippen LogP contribution is 2.25. The van der Waals surface area contributed by atoms with Gasteiger partial charge in [0.05, 0.1) is 18.1 Å².